The first-order valence-corrected chi connectivity index (χ1v) is 10.0. The van der Waals surface area contributed by atoms with E-state index in [2.05, 4.69) is 41.0 Å². The van der Waals surface area contributed by atoms with E-state index in [1.807, 2.05) is 30.9 Å². The molecule has 1 aromatic carbocycles. The van der Waals surface area contributed by atoms with E-state index in [9.17, 15) is 4.79 Å². The van der Waals surface area contributed by atoms with Crippen LogP contribution in [0.3, 0.4) is 0 Å². The Labute approximate surface area is 165 Å². The minimum atomic E-state index is 0.179. The van der Waals surface area contributed by atoms with Gasteiger partial charge in [0.25, 0.3) is 5.78 Å². The summed E-state index contributed by atoms with van der Waals surface area (Å²) in [5, 5.41) is 4.68. The third kappa shape index (κ3) is 3.39. The van der Waals surface area contributed by atoms with Gasteiger partial charge in [-0.1, -0.05) is 23.8 Å². The van der Waals surface area contributed by atoms with Crippen molar-refractivity contribution in [3.63, 3.8) is 0 Å². The number of benzene rings is 1. The van der Waals surface area contributed by atoms with E-state index >= 15 is 0 Å². The highest BCUT2D eigenvalue weighted by Gasteiger charge is 2.25. The van der Waals surface area contributed by atoms with Crippen LogP contribution in [0.4, 0.5) is 0 Å². The molecule has 0 spiro atoms. The van der Waals surface area contributed by atoms with Gasteiger partial charge in [-0.05, 0) is 53.0 Å². The first-order chi connectivity index (χ1) is 13.4. The highest BCUT2D eigenvalue weighted by molar-refractivity contribution is 5.79. The molecule has 1 saturated heterocycles. The van der Waals surface area contributed by atoms with Crippen LogP contribution in [0.1, 0.15) is 48.7 Å². The van der Waals surface area contributed by atoms with Crippen LogP contribution in [-0.2, 0) is 11.2 Å². The molecular formula is C22H27N5O. The lowest BCUT2D eigenvalue weighted by Gasteiger charge is -2.33. The Balaban J connectivity index is 1.68. The molecule has 6 nitrogen and oxygen atoms in total. The van der Waals surface area contributed by atoms with E-state index < -0.39 is 0 Å². The molecule has 4 rings (SSSR count). The molecule has 1 aliphatic rings. The fourth-order valence-corrected chi connectivity index (χ4v) is 4.09. The zero-order valence-corrected chi connectivity index (χ0v) is 17.1. The van der Waals surface area contributed by atoms with Gasteiger partial charge in [-0.3, -0.25) is 4.79 Å². The molecule has 0 aliphatic carbocycles. The second-order valence-electron chi connectivity index (χ2n) is 7.89. The van der Waals surface area contributed by atoms with Crippen molar-refractivity contribution in [2.75, 3.05) is 6.54 Å². The van der Waals surface area contributed by atoms with Crippen molar-refractivity contribution >= 4 is 11.7 Å². The number of nitrogens with zero attached hydrogens (tertiary/aromatic N) is 5. The summed E-state index contributed by atoms with van der Waals surface area (Å²) >= 11 is 0. The van der Waals surface area contributed by atoms with Crippen LogP contribution >= 0.6 is 0 Å². The molecule has 0 N–H and O–H groups in total. The van der Waals surface area contributed by atoms with Crippen LogP contribution < -0.4 is 0 Å². The summed E-state index contributed by atoms with van der Waals surface area (Å²) in [6, 6.07) is 8.45. The molecule has 6 heteroatoms. The quantitative estimate of drug-likeness (QED) is 0.699. The number of piperidine rings is 1. The van der Waals surface area contributed by atoms with Crippen LogP contribution in [0.5, 0.6) is 0 Å². The molecule has 1 atom stereocenters. The van der Waals surface area contributed by atoms with Gasteiger partial charge < -0.3 is 4.90 Å². The Bertz CT molecular complexity index is 1040. The topological polar surface area (TPSA) is 63.4 Å². The predicted octanol–water partition coefficient (Wildman–Crippen LogP) is 3.66. The Kier molecular flexibility index (Phi) is 4.87. The largest absolute Gasteiger partial charge is 0.340 e. The normalized spacial score (nSPS) is 17.3. The molecular weight excluding hydrogens is 350 g/mol. The number of rotatable bonds is 3. The average Bonchev–Trinajstić information content (AvgIpc) is 3.09. The lowest BCUT2D eigenvalue weighted by atomic mass is 10.0. The van der Waals surface area contributed by atoms with Crippen LogP contribution in [0.15, 0.2) is 24.3 Å². The van der Waals surface area contributed by atoms with Crippen molar-refractivity contribution in [1.29, 1.82) is 0 Å². The van der Waals surface area contributed by atoms with E-state index in [4.69, 9.17) is 0 Å². The summed E-state index contributed by atoms with van der Waals surface area (Å²) < 4.78 is 1.77. The maximum atomic E-state index is 12.9. The molecule has 2 aromatic heterocycles. The second-order valence-corrected chi connectivity index (χ2v) is 7.89. The van der Waals surface area contributed by atoms with Crippen LogP contribution in [-0.4, -0.2) is 43.0 Å². The highest BCUT2D eigenvalue weighted by Crippen LogP contribution is 2.22. The molecule has 1 fully saturated rings. The molecule has 0 saturated carbocycles. The summed E-state index contributed by atoms with van der Waals surface area (Å²) in [4.78, 5) is 24.2. The minimum absolute atomic E-state index is 0.179. The standard InChI is InChI=1S/C22H27N5O/c1-14-8-7-10-18(12-14)21-24-22-23-16(3)19(17(4)27(22)25-21)13-20(28)26-11-6-5-9-15(26)2/h7-8,10,12,15H,5-6,9,11,13H2,1-4H3/t15-/m0/s1. The number of fused-ring (bicyclic) bond motifs is 1. The Morgan fingerprint density at radius 2 is 2.00 bits per heavy atom. The molecule has 3 aromatic rings. The van der Waals surface area contributed by atoms with Crippen molar-refractivity contribution in [2.24, 2.45) is 0 Å². The lowest BCUT2D eigenvalue weighted by molar-refractivity contribution is -0.133. The van der Waals surface area contributed by atoms with Gasteiger partial charge >= 0.3 is 0 Å². The summed E-state index contributed by atoms with van der Waals surface area (Å²) in [6.45, 7) is 9.01. The van der Waals surface area contributed by atoms with E-state index in [1.165, 1.54) is 12.0 Å². The summed E-state index contributed by atoms with van der Waals surface area (Å²) in [5.41, 5.74) is 4.88. The smallest absolute Gasteiger partial charge is 0.253 e. The Morgan fingerprint density at radius 3 is 2.75 bits per heavy atom. The third-order valence-corrected chi connectivity index (χ3v) is 5.78. The van der Waals surface area contributed by atoms with E-state index in [0.29, 0.717) is 24.1 Å². The number of amides is 1. The fourth-order valence-electron chi connectivity index (χ4n) is 4.09. The van der Waals surface area contributed by atoms with Crippen molar-refractivity contribution in [3.05, 3.63) is 46.8 Å². The molecule has 0 bridgehead atoms. The van der Waals surface area contributed by atoms with Crippen LogP contribution in [0.25, 0.3) is 17.2 Å². The van der Waals surface area contributed by atoms with Gasteiger partial charge in [-0.2, -0.15) is 4.98 Å². The predicted molar refractivity (Wildman–Crippen MR) is 109 cm³/mol. The fraction of sp³-hybridized carbons (Fsp3) is 0.455. The van der Waals surface area contributed by atoms with Gasteiger partial charge in [0.15, 0.2) is 5.82 Å². The molecule has 3 heterocycles. The number of carbonyl (C=O) groups excluding carboxylic acids is 1. The SMILES string of the molecule is Cc1cccc(-c2nc3nc(C)c(CC(=O)N4CCCC[C@@H]4C)c(C)n3n2)c1. The number of hydrogen-bond donors (Lipinski definition) is 0. The molecule has 1 aliphatic heterocycles. The molecule has 28 heavy (non-hydrogen) atoms. The van der Waals surface area contributed by atoms with Crippen molar-refractivity contribution in [1.82, 2.24) is 24.5 Å². The summed E-state index contributed by atoms with van der Waals surface area (Å²) in [6.07, 6.45) is 3.75. The van der Waals surface area contributed by atoms with E-state index in [0.717, 1.165) is 41.9 Å². The highest BCUT2D eigenvalue weighted by atomic mass is 16.2. The van der Waals surface area contributed by atoms with Gasteiger partial charge in [0, 0.05) is 35.1 Å². The minimum Gasteiger partial charge on any atom is -0.340 e. The summed E-state index contributed by atoms with van der Waals surface area (Å²) in [5.74, 6) is 1.42. The van der Waals surface area contributed by atoms with Crippen molar-refractivity contribution < 1.29 is 4.79 Å². The summed E-state index contributed by atoms with van der Waals surface area (Å²) in [7, 11) is 0. The first-order valence-electron chi connectivity index (χ1n) is 10.0. The maximum Gasteiger partial charge on any atom is 0.253 e. The van der Waals surface area contributed by atoms with Gasteiger partial charge in [-0.15, -0.1) is 5.10 Å². The first kappa shape index (κ1) is 18.6. The number of hydrogen-bond acceptors (Lipinski definition) is 4. The lowest BCUT2D eigenvalue weighted by Crippen LogP contribution is -2.43. The van der Waals surface area contributed by atoms with Crippen LogP contribution in [0, 0.1) is 20.8 Å². The van der Waals surface area contributed by atoms with Gasteiger partial charge in [0.1, 0.15) is 0 Å². The van der Waals surface area contributed by atoms with Crippen molar-refractivity contribution in [2.45, 2.75) is 59.4 Å². The molecule has 0 unspecified atom stereocenters. The Hall–Kier alpha value is -2.76. The zero-order chi connectivity index (χ0) is 19.8. The van der Waals surface area contributed by atoms with Gasteiger partial charge in [-0.25, -0.2) is 9.50 Å². The molecule has 1 amide bonds. The van der Waals surface area contributed by atoms with Crippen molar-refractivity contribution in [3.8, 4) is 11.4 Å². The third-order valence-electron chi connectivity index (χ3n) is 5.78. The number of aromatic nitrogens is 4. The van der Waals surface area contributed by atoms with Crippen LogP contribution in [0.2, 0.25) is 0 Å². The number of likely N-dealkylation sites (tertiary alicyclic amines) is 1. The molecule has 146 valence electrons. The van der Waals surface area contributed by atoms with Gasteiger partial charge in [0.05, 0.1) is 6.42 Å². The van der Waals surface area contributed by atoms with Gasteiger partial charge in [0.2, 0.25) is 5.91 Å². The number of aryl methyl sites for hydroxylation is 3. The maximum absolute atomic E-state index is 12.9. The average molecular weight is 377 g/mol. The number of carbonyl (C=O) groups is 1. The monoisotopic (exact) mass is 377 g/mol. The zero-order valence-electron chi connectivity index (χ0n) is 17.1. The second kappa shape index (κ2) is 7.34. The molecule has 0 radical (unpaired) electrons. The van der Waals surface area contributed by atoms with E-state index in [-0.39, 0.29) is 5.91 Å². The van der Waals surface area contributed by atoms with E-state index in [1.54, 1.807) is 4.52 Å². The Morgan fingerprint density at radius 1 is 1.18 bits per heavy atom.